The van der Waals surface area contributed by atoms with E-state index in [2.05, 4.69) is 21.2 Å². The third kappa shape index (κ3) is 4.65. The molecule has 1 unspecified atom stereocenters. The van der Waals surface area contributed by atoms with Crippen LogP contribution in [0.25, 0.3) is 0 Å². The zero-order chi connectivity index (χ0) is 14.4. The molecule has 1 aromatic rings. The van der Waals surface area contributed by atoms with Crippen molar-refractivity contribution in [1.82, 2.24) is 0 Å². The van der Waals surface area contributed by atoms with Gasteiger partial charge in [0, 0.05) is 18.0 Å². The summed E-state index contributed by atoms with van der Waals surface area (Å²) in [7, 11) is 1.58. The first kappa shape index (κ1) is 15.7. The molecule has 0 spiro atoms. The molecule has 1 aromatic carbocycles. The van der Waals surface area contributed by atoms with Crippen LogP contribution in [0.1, 0.15) is 30.1 Å². The molecule has 0 fully saturated rings. The van der Waals surface area contributed by atoms with Crippen molar-refractivity contribution in [3.05, 3.63) is 28.2 Å². The van der Waals surface area contributed by atoms with Crippen LogP contribution in [0.3, 0.4) is 0 Å². The SMILES string of the molecule is COC(C)CCC(=O)Nc1c(Br)cccc1C(=O)O. The average molecular weight is 330 g/mol. The van der Waals surface area contributed by atoms with Crippen molar-refractivity contribution in [3.8, 4) is 0 Å². The predicted molar refractivity (Wildman–Crippen MR) is 75.4 cm³/mol. The Morgan fingerprint density at radius 2 is 2.16 bits per heavy atom. The molecule has 104 valence electrons. The molecular weight excluding hydrogens is 314 g/mol. The largest absolute Gasteiger partial charge is 0.478 e. The number of nitrogens with one attached hydrogen (secondary N) is 1. The zero-order valence-electron chi connectivity index (χ0n) is 10.8. The number of benzene rings is 1. The van der Waals surface area contributed by atoms with Gasteiger partial charge in [0.25, 0.3) is 0 Å². The minimum absolute atomic E-state index is 0.0103. The molecule has 5 nitrogen and oxygen atoms in total. The molecule has 0 aliphatic carbocycles. The van der Waals surface area contributed by atoms with Crippen molar-refractivity contribution < 1.29 is 19.4 Å². The highest BCUT2D eigenvalue weighted by molar-refractivity contribution is 9.10. The number of carboxylic acids is 1. The van der Waals surface area contributed by atoms with Gasteiger partial charge in [-0.25, -0.2) is 4.79 Å². The number of hydrogen-bond acceptors (Lipinski definition) is 3. The van der Waals surface area contributed by atoms with E-state index in [-0.39, 0.29) is 29.7 Å². The van der Waals surface area contributed by atoms with E-state index in [0.717, 1.165) is 0 Å². The molecule has 0 saturated carbocycles. The van der Waals surface area contributed by atoms with Gasteiger partial charge in [-0.15, -0.1) is 0 Å². The average Bonchev–Trinajstić information content (AvgIpc) is 2.38. The van der Waals surface area contributed by atoms with Gasteiger partial charge in [0.05, 0.1) is 17.4 Å². The lowest BCUT2D eigenvalue weighted by Crippen LogP contribution is -2.17. The van der Waals surface area contributed by atoms with Crippen LogP contribution in [-0.4, -0.2) is 30.2 Å². The highest BCUT2D eigenvalue weighted by atomic mass is 79.9. The quantitative estimate of drug-likeness (QED) is 0.841. The molecule has 2 N–H and O–H groups in total. The van der Waals surface area contributed by atoms with Crippen LogP contribution in [0, 0.1) is 0 Å². The fourth-order valence-electron chi connectivity index (χ4n) is 1.48. The fourth-order valence-corrected chi connectivity index (χ4v) is 1.95. The molecule has 6 heteroatoms. The number of amides is 1. The summed E-state index contributed by atoms with van der Waals surface area (Å²) in [5.74, 6) is -1.32. The van der Waals surface area contributed by atoms with Crippen LogP contribution in [0.5, 0.6) is 0 Å². The number of methoxy groups -OCH3 is 1. The summed E-state index contributed by atoms with van der Waals surface area (Å²) < 4.78 is 5.60. The summed E-state index contributed by atoms with van der Waals surface area (Å²) >= 11 is 3.23. The van der Waals surface area contributed by atoms with Gasteiger partial charge in [-0.3, -0.25) is 4.79 Å². The summed E-state index contributed by atoms with van der Waals surface area (Å²) in [6.45, 7) is 1.87. The second kappa shape index (κ2) is 7.25. The lowest BCUT2D eigenvalue weighted by atomic mass is 10.1. The molecule has 0 bridgehead atoms. The van der Waals surface area contributed by atoms with E-state index >= 15 is 0 Å². The van der Waals surface area contributed by atoms with Crippen molar-refractivity contribution in [3.63, 3.8) is 0 Å². The molecule has 1 rings (SSSR count). The molecular formula is C13H16BrNO4. The van der Waals surface area contributed by atoms with Crippen molar-refractivity contribution in [1.29, 1.82) is 0 Å². The van der Waals surface area contributed by atoms with E-state index in [4.69, 9.17) is 9.84 Å². The molecule has 0 saturated heterocycles. The Labute approximate surface area is 120 Å². The van der Waals surface area contributed by atoms with Crippen LogP contribution in [0.4, 0.5) is 5.69 Å². The number of rotatable bonds is 6. The number of carbonyl (C=O) groups is 2. The Bertz CT molecular complexity index is 476. The first-order valence-electron chi connectivity index (χ1n) is 5.80. The standard InChI is InChI=1S/C13H16BrNO4/c1-8(19-2)6-7-11(16)15-12-9(13(17)18)4-3-5-10(12)14/h3-5,8H,6-7H2,1-2H3,(H,15,16)(H,17,18). The normalized spacial score (nSPS) is 11.9. The smallest absolute Gasteiger partial charge is 0.337 e. The van der Waals surface area contributed by atoms with Crippen LogP contribution in [-0.2, 0) is 9.53 Å². The number of carboxylic acid groups (broad SMARTS) is 1. The number of hydrogen-bond donors (Lipinski definition) is 2. The van der Waals surface area contributed by atoms with Crippen LogP contribution in [0.15, 0.2) is 22.7 Å². The van der Waals surface area contributed by atoms with Gasteiger partial charge in [-0.1, -0.05) is 6.07 Å². The molecule has 0 aromatic heterocycles. The number of aromatic carboxylic acids is 1. The van der Waals surface area contributed by atoms with Crippen molar-refractivity contribution in [2.24, 2.45) is 0 Å². The second-order valence-electron chi connectivity index (χ2n) is 4.10. The predicted octanol–water partition coefficient (Wildman–Crippen LogP) is 2.90. The first-order chi connectivity index (χ1) is 8.95. The van der Waals surface area contributed by atoms with E-state index in [0.29, 0.717) is 10.9 Å². The van der Waals surface area contributed by atoms with Crippen LogP contribution in [0.2, 0.25) is 0 Å². The summed E-state index contributed by atoms with van der Waals surface area (Å²) in [6.07, 6.45) is 0.842. The van der Waals surface area contributed by atoms with Crippen molar-refractivity contribution in [2.75, 3.05) is 12.4 Å². The minimum Gasteiger partial charge on any atom is -0.478 e. The van der Waals surface area contributed by atoms with Gasteiger partial charge in [-0.2, -0.15) is 0 Å². The Morgan fingerprint density at radius 3 is 2.74 bits per heavy atom. The van der Waals surface area contributed by atoms with Crippen molar-refractivity contribution >= 4 is 33.5 Å². The Kier molecular flexibility index (Phi) is 5.98. The molecule has 0 aliphatic heterocycles. The highest BCUT2D eigenvalue weighted by Crippen LogP contribution is 2.26. The van der Waals surface area contributed by atoms with Gasteiger partial charge in [0.1, 0.15) is 0 Å². The topological polar surface area (TPSA) is 75.6 Å². The summed E-state index contributed by atoms with van der Waals surface area (Å²) in [5, 5.41) is 11.7. The van der Waals surface area contributed by atoms with Gasteiger partial charge in [0.15, 0.2) is 0 Å². The van der Waals surface area contributed by atoms with Crippen molar-refractivity contribution in [2.45, 2.75) is 25.9 Å². The minimum atomic E-state index is -1.08. The Hall–Kier alpha value is -1.40. The first-order valence-corrected chi connectivity index (χ1v) is 6.59. The van der Waals surface area contributed by atoms with E-state index in [9.17, 15) is 9.59 Å². The van der Waals surface area contributed by atoms with E-state index in [1.165, 1.54) is 6.07 Å². The number of halogens is 1. The number of para-hydroxylation sites is 1. The molecule has 0 heterocycles. The Balaban J connectivity index is 2.76. The van der Waals surface area contributed by atoms with Gasteiger partial charge in [0.2, 0.25) is 5.91 Å². The van der Waals surface area contributed by atoms with E-state index in [1.54, 1.807) is 19.2 Å². The molecule has 0 aliphatic rings. The third-order valence-corrected chi connectivity index (χ3v) is 3.35. The maximum atomic E-state index is 11.8. The fraction of sp³-hybridized carbons (Fsp3) is 0.385. The number of carbonyl (C=O) groups excluding carboxylic acids is 1. The maximum Gasteiger partial charge on any atom is 0.337 e. The van der Waals surface area contributed by atoms with Crippen LogP contribution >= 0.6 is 15.9 Å². The Morgan fingerprint density at radius 1 is 1.47 bits per heavy atom. The van der Waals surface area contributed by atoms with Gasteiger partial charge < -0.3 is 15.2 Å². The number of anilines is 1. The summed E-state index contributed by atoms with van der Waals surface area (Å²) in [4.78, 5) is 22.9. The summed E-state index contributed by atoms with van der Waals surface area (Å²) in [6, 6.07) is 4.73. The number of ether oxygens (including phenoxy) is 1. The lowest BCUT2D eigenvalue weighted by Gasteiger charge is -2.12. The zero-order valence-corrected chi connectivity index (χ0v) is 12.4. The van der Waals surface area contributed by atoms with Crippen LogP contribution < -0.4 is 5.32 Å². The molecule has 0 radical (unpaired) electrons. The summed E-state index contributed by atoms with van der Waals surface area (Å²) in [5.41, 5.74) is 0.340. The maximum absolute atomic E-state index is 11.8. The van der Waals surface area contributed by atoms with E-state index < -0.39 is 5.97 Å². The third-order valence-electron chi connectivity index (χ3n) is 2.69. The monoisotopic (exact) mass is 329 g/mol. The van der Waals surface area contributed by atoms with Gasteiger partial charge in [-0.05, 0) is 41.4 Å². The van der Waals surface area contributed by atoms with E-state index in [1.807, 2.05) is 6.92 Å². The molecule has 1 amide bonds. The molecule has 1 atom stereocenters. The van der Waals surface area contributed by atoms with Gasteiger partial charge >= 0.3 is 5.97 Å². The second-order valence-corrected chi connectivity index (χ2v) is 4.96. The molecule has 19 heavy (non-hydrogen) atoms. The highest BCUT2D eigenvalue weighted by Gasteiger charge is 2.15. The lowest BCUT2D eigenvalue weighted by molar-refractivity contribution is -0.116.